The SMILES string of the molecule is Cc1cc(NC2CCN(C(=O)OC(C)C)CC2)ncc1[N+](=O)[O-]. The van der Waals surface area contributed by atoms with Gasteiger partial charge in [-0.2, -0.15) is 0 Å². The highest BCUT2D eigenvalue weighted by Crippen LogP contribution is 2.21. The molecule has 0 aliphatic carbocycles. The number of nitrogens with one attached hydrogen (secondary N) is 1. The number of hydrogen-bond acceptors (Lipinski definition) is 6. The summed E-state index contributed by atoms with van der Waals surface area (Å²) < 4.78 is 5.18. The first-order chi connectivity index (χ1) is 10.9. The van der Waals surface area contributed by atoms with Crippen molar-refractivity contribution in [2.24, 2.45) is 0 Å². The number of nitro groups is 1. The van der Waals surface area contributed by atoms with E-state index in [-0.39, 0.29) is 23.9 Å². The number of nitrogens with zero attached hydrogens (tertiary/aromatic N) is 3. The maximum atomic E-state index is 11.8. The Labute approximate surface area is 135 Å². The first kappa shape index (κ1) is 17.0. The van der Waals surface area contributed by atoms with E-state index < -0.39 is 4.92 Å². The van der Waals surface area contributed by atoms with E-state index in [1.165, 1.54) is 6.20 Å². The summed E-state index contributed by atoms with van der Waals surface area (Å²) >= 11 is 0. The normalized spacial score (nSPS) is 15.6. The Morgan fingerprint density at radius 3 is 2.65 bits per heavy atom. The molecule has 1 fully saturated rings. The third-order valence-corrected chi connectivity index (χ3v) is 3.72. The highest BCUT2D eigenvalue weighted by Gasteiger charge is 2.24. The van der Waals surface area contributed by atoms with Gasteiger partial charge in [0, 0.05) is 24.7 Å². The number of aryl methyl sites for hydroxylation is 1. The van der Waals surface area contributed by atoms with Crippen molar-refractivity contribution >= 4 is 17.6 Å². The Balaban J connectivity index is 1.88. The van der Waals surface area contributed by atoms with Crippen LogP contribution >= 0.6 is 0 Å². The number of pyridine rings is 1. The zero-order chi connectivity index (χ0) is 17.0. The van der Waals surface area contributed by atoms with Crippen molar-refractivity contribution < 1.29 is 14.5 Å². The van der Waals surface area contributed by atoms with Gasteiger partial charge in [-0.1, -0.05) is 0 Å². The summed E-state index contributed by atoms with van der Waals surface area (Å²) in [7, 11) is 0. The lowest BCUT2D eigenvalue weighted by atomic mass is 10.1. The van der Waals surface area contributed by atoms with Crippen LogP contribution in [0, 0.1) is 17.0 Å². The quantitative estimate of drug-likeness (QED) is 0.676. The zero-order valence-electron chi connectivity index (χ0n) is 13.6. The molecule has 0 spiro atoms. The molecule has 8 heteroatoms. The maximum absolute atomic E-state index is 11.8. The van der Waals surface area contributed by atoms with Crippen molar-refractivity contribution in [3.63, 3.8) is 0 Å². The molecule has 0 bridgehead atoms. The van der Waals surface area contributed by atoms with Gasteiger partial charge in [-0.05, 0) is 39.7 Å². The fourth-order valence-electron chi connectivity index (χ4n) is 2.51. The zero-order valence-corrected chi connectivity index (χ0v) is 13.6. The molecule has 126 valence electrons. The lowest BCUT2D eigenvalue weighted by Crippen LogP contribution is -2.43. The smallest absolute Gasteiger partial charge is 0.410 e. The molecule has 1 aliphatic heterocycles. The summed E-state index contributed by atoms with van der Waals surface area (Å²) in [5.41, 5.74) is 0.590. The minimum atomic E-state index is -0.440. The molecule has 0 atom stereocenters. The minimum absolute atomic E-state index is 0.0156. The van der Waals surface area contributed by atoms with Crippen LogP contribution in [-0.2, 0) is 4.74 Å². The largest absolute Gasteiger partial charge is 0.447 e. The van der Waals surface area contributed by atoms with Gasteiger partial charge in [0.2, 0.25) is 0 Å². The maximum Gasteiger partial charge on any atom is 0.410 e. The van der Waals surface area contributed by atoms with Crippen molar-refractivity contribution in [3.8, 4) is 0 Å². The van der Waals surface area contributed by atoms with Crippen LogP contribution < -0.4 is 5.32 Å². The molecule has 0 radical (unpaired) electrons. The number of aromatic nitrogens is 1. The van der Waals surface area contributed by atoms with Gasteiger partial charge in [0.05, 0.1) is 11.0 Å². The van der Waals surface area contributed by atoms with Crippen LogP contribution in [0.3, 0.4) is 0 Å². The summed E-state index contributed by atoms with van der Waals surface area (Å²) in [5, 5.41) is 14.1. The molecule has 1 N–H and O–H groups in total. The molecule has 2 heterocycles. The number of ether oxygens (including phenoxy) is 1. The second-order valence-corrected chi connectivity index (χ2v) is 5.95. The summed E-state index contributed by atoms with van der Waals surface area (Å²) in [6.07, 6.45) is 2.44. The van der Waals surface area contributed by atoms with Crippen molar-refractivity contribution in [1.82, 2.24) is 9.88 Å². The van der Waals surface area contributed by atoms with Gasteiger partial charge >= 0.3 is 6.09 Å². The van der Waals surface area contributed by atoms with Crippen molar-refractivity contribution in [3.05, 3.63) is 27.9 Å². The predicted octanol–water partition coefficient (Wildman–Crippen LogP) is 2.72. The van der Waals surface area contributed by atoms with E-state index in [1.807, 2.05) is 13.8 Å². The number of rotatable bonds is 4. The predicted molar refractivity (Wildman–Crippen MR) is 85.5 cm³/mol. The second kappa shape index (κ2) is 7.26. The van der Waals surface area contributed by atoms with E-state index in [9.17, 15) is 14.9 Å². The topological polar surface area (TPSA) is 97.6 Å². The molecule has 0 saturated carbocycles. The second-order valence-electron chi connectivity index (χ2n) is 5.95. The van der Waals surface area contributed by atoms with Crippen molar-refractivity contribution in [2.45, 2.75) is 45.8 Å². The summed E-state index contributed by atoms with van der Waals surface area (Å²) in [6.45, 7) is 6.59. The minimum Gasteiger partial charge on any atom is -0.447 e. The first-order valence-corrected chi connectivity index (χ1v) is 7.70. The van der Waals surface area contributed by atoms with Crippen LogP contribution in [0.15, 0.2) is 12.3 Å². The number of carbonyl (C=O) groups is 1. The number of amides is 1. The number of carbonyl (C=O) groups excluding carboxylic acids is 1. The van der Waals surface area contributed by atoms with Crippen molar-refractivity contribution in [2.75, 3.05) is 18.4 Å². The third kappa shape index (κ3) is 4.54. The van der Waals surface area contributed by atoms with E-state index >= 15 is 0 Å². The summed E-state index contributed by atoms with van der Waals surface area (Å²) in [4.78, 5) is 28.0. The molecule has 1 aromatic rings. The molecule has 23 heavy (non-hydrogen) atoms. The Kier molecular flexibility index (Phi) is 5.36. The van der Waals surface area contributed by atoms with Gasteiger partial charge in [-0.3, -0.25) is 10.1 Å². The fraction of sp³-hybridized carbons (Fsp3) is 0.600. The number of hydrogen-bond donors (Lipinski definition) is 1. The molecule has 2 rings (SSSR count). The fourth-order valence-corrected chi connectivity index (χ4v) is 2.51. The molecule has 0 unspecified atom stereocenters. The van der Waals surface area contributed by atoms with Crippen LogP contribution in [0.1, 0.15) is 32.3 Å². The molecule has 1 aliphatic rings. The first-order valence-electron chi connectivity index (χ1n) is 7.70. The van der Waals surface area contributed by atoms with Gasteiger partial charge in [0.15, 0.2) is 0 Å². The van der Waals surface area contributed by atoms with Gasteiger partial charge in [-0.25, -0.2) is 9.78 Å². The third-order valence-electron chi connectivity index (χ3n) is 3.72. The van der Waals surface area contributed by atoms with Crippen LogP contribution in [0.4, 0.5) is 16.3 Å². The van der Waals surface area contributed by atoms with E-state index in [1.54, 1.807) is 17.9 Å². The van der Waals surface area contributed by atoms with E-state index in [4.69, 9.17) is 4.74 Å². The molecule has 1 amide bonds. The highest BCUT2D eigenvalue weighted by atomic mass is 16.6. The monoisotopic (exact) mass is 322 g/mol. The van der Waals surface area contributed by atoms with E-state index in [0.717, 1.165) is 12.8 Å². The van der Waals surface area contributed by atoms with Gasteiger partial charge in [0.25, 0.3) is 5.69 Å². The number of anilines is 1. The molecule has 1 saturated heterocycles. The Bertz CT molecular complexity index is 583. The molecular formula is C15H22N4O4. The average molecular weight is 322 g/mol. The van der Waals surface area contributed by atoms with Crippen LogP contribution in [0.2, 0.25) is 0 Å². The Morgan fingerprint density at radius 2 is 2.13 bits per heavy atom. The Morgan fingerprint density at radius 1 is 1.48 bits per heavy atom. The standard InChI is InChI=1S/C15H22N4O4/c1-10(2)23-15(20)18-6-4-12(5-7-18)17-14-8-11(3)13(9-16-14)19(21)22/h8-10,12H,4-7H2,1-3H3,(H,16,17). The molecular weight excluding hydrogens is 300 g/mol. The molecule has 1 aromatic heterocycles. The average Bonchev–Trinajstić information content (AvgIpc) is 2.47. The van der Waals surface area contributed by atoms with Crippen LogP contribution in [-0.4, -0.2) is 46.1 Å². The van der Waals surface area contributed by atoms with Gasteiger partial charge < -0.3 is 15.0 Å². The number of piperidine rings is 1. The highest BCUT2D eigenvalue weighted by molar-refractivity contribution is 5.68. The summed E-state index contributed by atoms with van der Waals surface area (Å²) in [5.74, 6) is 0.622. The Hall–Kier alpha value is -2.38. The lowest BCUT2D eigenvalue weighted by molar-refractivity contribution is -0.385. The van der Waals surface area contributed by atoms with Gasteiger partial charge in [0.1, 0.15) is 12.0 Å². The number of likely N-dealkylation sites (tertiary alicyclic amines) is 1. The summed E-state index contributed by atoms with van der Waals surface area (Å²) in [6, 6.07) is 1.86. The lowest BCUT2D eigenvalue weighted by Gasteiger charge is -2.32. The van der Waals surface area contributed by atoms with E-state index in [0.29, 0.717) is 24.5 Å². The molecule has 0 aromatic carbocycles. The van der Waals surface area contributed by atoms with Crippen molar-refractivity contribution in [1.29, 1.82) is 0 Å². The van der Waals surface area contributed by atoms with Gasteiger partial charge in [-0.15, -0.1) is 0 Å². The van der Waals surface area contributed by atoms with Crippen LogP contribution in [0.25, 0.3) is 0 Å². The van der Waals surface area contributed by atoms with Crippen LogP contribution in [0.5, 0.6) is 0 Å². The van der Waals surface area contributed by atoms with E-state index in [2.05, 4.69) is 10.3 Å². The molecule has 8 nitrogen and oxygen atoms in total.